The molecular formula is C18H21N3O4S. The summed E-state index contributed by atoms with van der Waals surface area (Å²) in [5.41, 5.74) is 0.913. The van der Waals surface area contributed by atoms with E-state index in [1.165, 1.54) is 23.5 Å². The lowest BCUT2D eigenvalue weighted by atomic mass is 10.2. The van der Waals surface area contributed by atoms with Crippen LogP contribution in [0.5, 0.6) is 5.75 Å². The molecule has 0 radical (unpaired) electrons. The second-order valence-electron chi connectivity index (χ2n) is 6.02. The van der Waals surface area contributed by atoms with Gasteiger partial charge in [-0.3, -0.25) is 9.78 Å². The summed E-state index contributed by atoms with van der Waals surface area (Å²) < 4.78 is 32.2. The highest BCUT2D eigenvalue weighted by Crippen LogP contribution is 2.27. The highest BCUT2D eigenvalue weighted by molar-refractivity contribution is 7.89. The van der Waals surface area contributed by atoms with Crippen LogP contribution < -0.4 is 10.1 Å². The first-order valence-electron chi connectivity index (χ1n) is 8.35. The highest BCUT2D eigenvalue weighted by Gasteiger charge is 2.39. The maximum absolute atomic E-state index is 12.9. The number of pyridine rings is 1. The summed E-state index contributed by atoms with van der Waals surface area (Å²) in [5.74, 6) is 0.299. The van der Waals surface area contributed by atoms with Crippen LogP contribution in [-0.2, 0) is 21.4 Å². The van der Waals surface area contributed by atoms with Gasteiger partial charge in [-0.15, -0.1) is 0 Å². The predicted molar refractivity (Wildman–Crippen MR) is 96.0 cm³/mol. The van der Waals surface area contributed by atoms with E-state index in [0.29, 0.717) is 31.7 Å². The summed E-state index contributed by atoms with van der Waals surface area (Å²) in [6, 6.07) is 9.12. The fraction of sp³-hybridized carbons (Fsp3) is 0.333. The first-order valence-corrected chi connectivity index (χ1v) is 9.79. The van der Waals surface area contributed by atoms with E-state index >= 15 is 0 Å². The molecule has 1 aromatic heterocycles. The molecule has 0 bridgehead atoms. The second kappa shape index (κ2) is 7.84. The Kier molecular flexibility index (Phi) is 5.53. The van der Waals surface area contributed by atoms with Crippen LogP contribution in [-0.4, -0.2) is 43.3 Å². The quantitative estimate of drug-likeness (QED) is 0.828. The van der Waals surface area contributed by atoms with Gasteiger partial charge < -0.3 is 10.1 Å². The Morgan fingerprint density at radius 2 is 1.92 bits per heavy atom. The van der Waals surface area contributed by atoms with Gasteiger partial charge in [0.15, 0.2) is 0 Å². The zero-order chi connectivity index (χ0) is 18.6. The van der Waals surface area contributed by atoms with E-state index in [9.17, 15) is 13.2 Å². The maximum Gasteiger partial charge on any atom is 0.243 e. The van der Waals surface area contributed by atoms with Gasteiger partial charge in [-0.25, -0.2) is 8.42 Å². The molecule has 8 heteroatoms. The molecule has 138 valence electrons. The van der Waals surface area contributed by atoms with Crippen molar-refractivity contribution in [3.8, 4) is 5.75 Å². The van der Waals surface area contributed by atoms with Crippen molar-refractivity contribution < 1.29 is 17.9 Å². The lowest BCUT2D eigenvalue weighted by molar-refractivity contribution is -0.124. The number of rotatable bonds is 6. The average molecular weight is 375 g/mol. The number of benzene rings is 1. The predicted octanol–water partition coefficient (Wildman–Crippen LogP) is 1.56. The lowest BCUT2D eigenvalue weighted by Crippen LogP contribution is -2.45. The number of amides is 1. The van der Waals surface area contributed by atoms with Gasteiger partial charge >= 0.3 is 0 Å². The van der Waals surface area contributed by atoms with E-state index in [4.69, 9.17) is 4.74 Å². The number of ether oxygens (including phenoxy) is 1. The van der Waals surface area contributed by atoms with E-state index in [1.54, 1.807) is 36.7 Å². The normalized spacial score (nSPS) is 17.8. The molecule has 1 amide bonds. The van der Waals surface area contributed by atoms with Crippen molar-refractivity contribution in [3.63, 3.8) is 0 Å². The summed E-state index contributed by atoms with van der Waals surface area (Å²) in [5, 5.41) is 2.82. The Labute approximate surface area is 153 Å². The topological polar surface area (TPSA) is 88.6 Å². The molecule has 1 aliphatic heterocycles. The molecule has 3 rings (SSSR count). The molecule has 1 saturated heterocycles. The van der Waals surface area contributed by atoms with Crippen molar-refractivity contribution in [3.05, 3.63) is 54.4 Å². The van der Waals surface area contributed by atoms with Crippen LogP contribution in [0.15, 0.2) is 53.7 Å². The fourth-order valence-corrected chi connectivity index (χ4v) is 4.64. The van der Waals surface area contributed by atoms with Gasteiger partial charge in [-0.2, -0.15) is 4.31 Å². The molecule has 26 heavy (non-hydrogen) atoms. The number of sulfonamides is 1. The van der Waals surface area contributed by atoms with E-state index < -0.39 is 16.1 Å². The van der Waals surface area contributed by atoms with Gasteiger partial charge in [-0.1, -0.05) is 0 Å². The number of carbonyl (C=O) groups excluding carboxylic acids is 1. The molecular weight excluding hydrogens is 354 g/mol. The largest absolute Gasteiger partial charge is 0.497 e. The maximum atomic E-state index is 12.9. The third kappa shape index (κ3) is 3.86. The van der Waals surface area contributed by atoms with Gasteiger partial charge in [0.2, 0.25) is 15.9 Å². The Morgan fingerprint density at radius 3 is 2.58 bits per heavy atom. The van der Waals surface area contributed by atoms with Crippen molar-refractivity contribution in [2.24, 2.45) is 0 Å². The Hall–Kier alpha value is -2.45. The molecule has 0 aliphatic carbocycles. The first-order chi connectivity index (χ1) is 12.5. The highest BCUT2D eigenvalue weighted by atomic mass is 32.2. The van der Waals surface area contributed by atoms with E-state index in [0.717, 1.165) is 5.56 Å². The summed E-state index contributed by atoms with van der Waals surface area (Å²) in [6.07, 6.45) is 4.47. The zero-order valence-corrected chi connectivity index (χ0v) is 15.3. The van der Waals surface area contributed by atoms with Crippen LogP contribution in [0.2, 0.25) is 0 Å². The number of hydrogen-bond acceptors (Lipinski definition) is 5. The van der Waals surface area contributed by atoms with Crippen LogP contribution in [0.3, 0.4) is 0 Å². The second-order valence-corrected chi connectivity index (χ2v) is 7.91. The lowest BCUT2D eigenvalue weighted by Gasteiger charge is -2.23. The van der Waals surface area contributed by atoms with Gasteiger partial charge in [0.1, 0.15) is 11.8 Å². The zero-order valence-electron chi connectivity index (χ0n) is 14.5. The summed E-state index contributed by atoms with van der Waals surface area (Å²) >= 11 is 0. The number of nitrogens with one attached hydrogen (secondary N) is 1. The number of nitrogens with zero attached hydrogens (tertiary/aromatic N) is 2. The Bertz CT molecular complexity index is 854. The molecule has 7 nitrogen and oxygen atoms in total. The number of carbonyl (C=O) groups is 1. The van der Waals surface area contributed by atoms with Crippen LogP contribution >= 0.6 is 0 Å². The van der Waals surface area contributed by atoms with Crippen molar-refractivity contribution in [1.29, 1.82) is 0 Å². The minimum absolute atomic E-state index is 0.159. The molecule has 1 aliphatic rings. The monoisotopic (exact) mass is 375 g/mol. The number of aromatic nitrogens is 1. The molecule has 1 aromatic carbocycles. The van der Waals surface area contributed by atoms with Crippen LogP contribution in [0.1, 0.15) is 18.4 Å². The summed E-state index contributed by atoms with van der Waals surface area (Å²) in [7, 11) is -2.21. The Balaban J connectivity index is 1.72. The molecule has 1 unspecified atom stereocenters. The third-order valence-electron chi connectivity index (χ3n) is 4.39. The van der Waals surface area contributed by atoms with Gasteiger partial charge in [0.25, 0.3) is 0 Å². The van der Waals surface area contributed by atoms with Crippen LogP contribution in [0.25, 0.3) is 0 Å². The van der Waals surface area contributed by atoms with Crippen molar-refractivity contribution in [2.75, 3.05) is 13.7 Å². The van der Waals surface area contributed by atoms with Gasteiger partial charge in [0, 0.05) is 25.5 Å². The fourth-order valence-electron chi connectivity index (χ4n) is 2.98. The smallest absolute Gasteiger partial charge is 0.243 e. The molecule has 2 heterocycles. The van der Waals surface area contributed by atoms with Crippen LogP contribution in [0, 0.1) is 0 Å². The van der Waals surface area contributed by atoms with E-state index in [-0.39, 0.29) is 10.8 Å². The standard InChI is InChI=1S/C18H21N3O4S/c1-25-15-4-6-16(7-5-15)26(23,24)21-12-2-3-17(21)18(22)20-13-14-8-10-19-11-9-14/h4-11,17H,2-3,12-13H2,1H3,(H,20,22). The SMILES string of the molecule is COc1ccc(S(=O)(=O)N2CCCC2C(=O)NCc2ccncc2)cc1. The summed E-state index contributed by atoms with van der Waals surface area (Å²) in [6.45, 7) is 0.677. The van der Waals surface area contributed by atoms with Gasteiger partial charge in [0.05, 0.1) is 12.0 Å². The van der Waals surface area contributed by atoms with E-state index in [1.807, 2.05) is 0 Å². The van der Waals surface area contributed by atoms with Crippen LogP contribution in [0.4, 0.5) is 0 Å². The van der Waals surface area contributed by atoms with E-state index in [2.05, 4.69) is 10.3 Å². The first kappa shape index (κ1) is 18.3. The minimum atomic E-state index is -3.73. The molecule has 0 saturated carbocycles. The summed E-state index contributed by atoms with van der Waals surface area (Å²) in [4.78, 5) is 16.6. The number of methoxy groups -OCH3 is 1. The molecule has 2 aromatic rings. The molecule has 1 N–H and O–H groups in total. The number of hydrogen-bond donors (Lipinski definition) is 1. The van der Waals surface area contributed by atoms with Crippen molar-refractivity contribution >= 4 is 15.9 Å². The Morgan fingerprint density at radius 1 is 1.23 bits per heavy atom. The minimum Gasteiger partial charge on any atom is -0.497 e. The molecule has 0 spiro atoms. The molecule has 1 fully saturated rings. The molecule has 1 atom stereocenters. The van der Waals surface area contributed by atoms with Crippen molar-refractivity contribution in [2.45, 2.75) is 30.3 Å². The average Bonchev–Trinajstić information content (AvgIpc) is 3.18. The third-order valence-corrected chi connectivity index (χ3v) is 6.31. The van der Waals surface area contributed by atoms with Crippen molar-refractivity contribution in [1.82, 2.24) is 14.6 Å². The van der Waals surface area contributed by atoms with Gasteiger partial charge in [-0.05, 0) is 54.8 Å².